The lowest BCUT2D eigenvalue weighted by molar-refractivity contribution is -0.483. The summed E-state index contributed by atoms with van der Waals surface area (Å²) in [6, 6.07) is 19.9. The zero-order chi connectivity index (χ0) is 19.2. The van der Waals surface area contributed by atoms with Crippen molar-refractivity contribution in [2.24, 2.45) is 0 Å². The molecule has 0 radical (unpaired) electrons. The number of ether oxygens (including phenoxy) is 1. The van der Waals surface area contributed by atoms with Gasteiger partial charge in [0.15, 0.2) is 12.0 Å². The SMILES string of the molecule is COc1ccc([C@@H](c2ccc(C=O)o2)[C@@H](C[N+](=O)[O-])c2ccccc2)cc1. The van der Waals surface area contributed by atoms with Crippen molar-refractivity contribution in [3.8, 4) is 5.75 Å². The molecule has 0 saturated heterocycles. The molecule has 0 N–H and O–H groups in total. The number of hydrogen-bond donors (Lipinski definition) is 0. The lowest BCUT2D eigenvalue weighted by Gasteiger charge is -2.24. The number of benzene rings is 2. The largest absolute Gasteiger partial charge is 0.497 e. The average Bonchev–Trinajstić information content (AvgIpc) is 3.17. The predicted octanol–water partition coefficient (Wildman–Crippen LogP) is 4.29. The first kappa shape index (κ1) is 18.4. The Bertz CT molecular complexity index is 902. The van der Waals surface area contributed by atoms with Crippen molar-refractivity contribution in [1.82, 2.24) is 0 Å². The standard InChI is InChI=1S/C21H19NO5/c1-26-17-9-7-16(8-10-17)21(20-12-11-18(14-23)27-20)19(13-22(24)25)15-5-3-2-4-6-15/h2-12,14,19,21H,13H2,1H3/t19-,21+/m0/s1. The number of nitro groups is 1. The van der Waals surface area contributed by atoms with E-state index in [1.165, 1.54) is 0 Å². The number of carbonyl (C=O) groups excluding carboxylic acids is 1. The molecule has 0 saturated carbocycles. The van der Waals surface area contributed by atoms with E-state index in [0.29, 0.717) is 17.8 Å². The van der Waals surface area contributed by atoms with E-state index in [1.807, 2.05) is 42.5 Å². The lowest BCUT2D eigenvalue weighted by Crippen LogP contribution is -2.21. The summed E-state index contributed by atoms with van der Waals surface area (Å²) in [5, 5.41) is 11.4. The molecule has 1 heterocycles. The molecule has 0 unspecified atom stereocenters. The molecule has 2 atom stereocenters. The van der Waals surface area contributed by atoms with Crippen LogP contribution in [0.1, 0.15) is 39.3 Å². The van der Waals surface area contributed by atoms with Gasteiger partial charge in [-0.1, -0.05) is 42.5 Å². The van der Waals surface area contributed by atoms with Crippen LogP contribution < -0.4 is 4.74 Å². The molecule has 0 aliphatic carbocycles. The van der Waals surface area contributed by atoms with Crippen LogP contribution in [0, 0.1) is 10.1 Å². The van der Waals surface area contributed by atoms with Crippen LogP contribution in [0.25, 0.3) is 0 Å². The van der Waals surface area contributed by atoms with Gasteiger partial charge in [0.05, 0.1) is 18.9 Å². The third kappa shape index (κ3) is 4.23. The Balaban J connectivity index is 2.12. The highest BCUT2D eigenvalue weighted by atomic mass is 16.6. The summed E-state index contributed by atoms with van der Waals surface area (Å²) in [6.07, 6.45) is 0.625. The Morgan fingerprint density at radius 3 is 2.30 bits per heavy atom. The summed E-state index contributed by atoms with van der Waals surface area (Å²) in [6.45, 7) is -0.266. The van der Waals surface area contributed by atoms with E-state index in [0.717, 1.165) is 11.1 Å². The minimum atomic E-state index is -0.458. The van der Waals surface area contributed by atoms with Crippen LogP contribution in [-0.4, -0.2) is 24.9 Å². The normalized spacial score (nSPS) is 12.9. The summed E-state index contributed by atoms with van der Waals surface area (Å²) < 4.78 is 10.9. The topological polar surface area (TPSA) is 82.6 Å². The Kier molecular flexibility index (Phi) is 5.66. The second kappa shape index (κ2) is 8.31. The van der Waals surface area contributed by atoms with E-state index in [1.54, 1.807) is 31.4 Å². The zero-order valence-corrected chi connectivity index (χ0v) is 14.8. The van der Waals surface area contributed by atoms with Crippen molar-refractivity contribution in [2.75, 3.05) is 13.7 Å². The van der Waals surface area contributed by atoms with Crippen molar-refractivity contribution in [2.45, 2.75) is 11.8 Å². The van der Waals surface area contributed by atoms with E-state index in [2.05, 4.69) is 0 Å². The fourth-order valence-corrected chi connectivity index (χ4v) is 3.27. The highest BCUT2D eigenvalue weighted by molar-refractivity contribution is 5.70. The second-order valence-corrected chi connectivity index (χ2v) is 6.14. The molecule has 3 rings (SSSR count). The minimum absolute atomic E-state index is 0.191. The maximum absolute atomic E-state index is 11.4. The molecule has 0 amide bonds. The maximum atomic E-state index is 11.4. The molecule has 0 spiro atoms. The number of aldehydes is 1. The third-order valence-corrected chi connectivity index (χ3v) is 4.52. The van der Waals surface area contributed by atoms with Crippen LogP contribution >= 0.6 is 0 Å². The summed E-state index contributed by atoms with van der Waals surface area (Å²) in [7, 11) is 1.58. The molecule has 3 aromatic rings. The number of methoxy groups -OCH3 is 1. The molecular weight excluding hydrogens is 346 g/mol. The number of carbonyl (C=O) groups is 1. The van der Waals surface area contributed by atoms with E-state index in [4.69, 9.17) is 9.15 Å². The molecule has 0 bridgehead atoms. The van der Waals surface area contributed by atoms with Crippen molar-refractivity contribution in [3.63, 3.8) is 0 Å². The van der Waals surface area contributed by atoms with Gasteiger partial charge >= 0.3 is 0 Å². The molecule has 6 heteroatoms. The van der Waals surface area contributed by atoms with Crippen molar-refractivity contribution < 1.29 is 18.9 Å². The van der Waals surface area contributed by atoms with Gasteiger partial charge in [-0.15, -0.1) is 0 Å². The van der Waals surface area contributed by atoms with Gasteiger partial charge in [0.25, 0.3) is 0 Å². The van der Waals surface area contributed by atoms with Crippen molar-refractivity contribution in [1.29, 1.82) is 0 Å². The van der Waals surface area contributed by atoms with E-state index in [-0.39, 0.29) is 17.2 Å². The van der Waals surface area contributed by atoms with Gasteiger partial charge in [-0.05, 0) is 35.4 Å². The fraction of sp³-hybridized carbons (Fsp3) is 0.190. The second-order valence-electron chi connectivity index (χ2n) is 6.14. The minimum Gasteiger partial charge on any atom is -0.497 e. The van der Waals surface area contributed by atoms with Crippen LogP contribution in [0.15, 0.2) is 71.1 Å². The highest BCUT2D eigenvalue weighted by Crippen LogP contribution is 2.39. The van der Waals surface area contributed by atoms with Gasteiger partial charge in [-0.3, -0.25) is 14.9 Å². The first-order chi connectivity index (χ1) is 13.1. The fourth-order valence-electron chi connectivity index (χ4n) is 3.27. The van der Waals surface area contributed by atoms with E-state index >= 15 is 0 Å². The molecule has 6 nitrogen and oxygen atoms in total. The molecule has 138 valence electrons. The third-order valence-electron chi connectivity index (χ3n) is 4.52. The smallest absolute Gasteiger partial charge is 0.211 e. The quantitative estimate of drug-likeness (QED) is 0.338. The van der Waals surface area contributed by atoms with E-state index < -0.39 is 11.8 Å². The molecule has 27 heavy (non-hydrogen) atoms. The summed E-state index contributed by atoms with van der Waals surface area (Å²) >= 11 is 0. The van der Waals surface area contributed by atoms with E-state index in [9.17, 15) is 14.9 Å². The highest BCUT2D eigenvalue weighted by Gasteiger charge is 2.33. The molecule has 1 aromatic heterocycles. The predicted molar refractivity (Wildman–Crippen MR) is 100.0 cm³/mol. The van der Waals surface area contributed by atoms with Gasteiger partial charge in [0.2, 0.25) is 6.54 Å². The maximum Gasteiger partial charge on any atom is 0.211 e. The van der Waals surface area contributed by atoms with Gasteiger partial charge in [-0.25, -0.2) is 0 Å². The van der Waals surface area contributed by atoms with Crippen LogP contribution in [-0.2, 0) is 0 Å². The van der Waals surface area contributed by atoms with Gasteiger partial charge < -0.3 is 9.15 Å². The molecule has 0 aliphatic heterocycles. The lowest BCUT2D eigenvalue weighted by atomic mass is 9.80. The monoisotopic (exact) mass is 365 g/mol. The molecule has 2 aromatic carbocycles. The number of rotatable bonds is 8. The molecule has 0 aliphatic rings. The van der Waals surface area contributed by atoms with Crippen LogP contribution in [0.4, 0.5) is 0 Å². The Labute approximate surface area is 156 Å². The van der Waals surface area contributed by atoms with Gasteiger partial charge in [0.1, 0.15) is 11.5 Å². The first-order valence-corrected chi connectivity index (χ1v) is 8.48. The zero-order valence-electron chi connectivity index (χ0n) is 14.8. The Morgan fingerprint density at radius 1 is 1.04 bits per heavy atom. The molecule has 0 fully saturated rings. The number of hydrogen-bond acceptors (Lipinski definition) is 5. The Hall–Kier alpha value is -3.41. The molecular formula is C21H19NO5. The van der Waals surface area contributed by atoms with Crippen LogP contribution in [0.3, 0.4) is 0 Å². The van der Waals surface area contributed by atoms with Gasteiger partial charge in [0, 0.05) is 4.92 Å². The first-order valence-electron chi connectivity index (χ1n) is 8.48. The van der Waals surface area contributed by atoms with Crippen LogP contribution in [0.5, 0.6) is 5.75 Å². The van der Waals surface area contributed by atoms with Crippen molar-refractivity contribution >= 4 is 6.29 Å². The summed E-state index contributed by atoms with van der Waals surface area (Å²) in [5.74, 6) is 0.517. The van der Waals surface area contributed by atoms with Crippen molar-refractivity contribution in [3.05, 3.63) is 99.5 Å². The van der Waals surface area contributed by atoms with Crippen LogP contribution in [0.2, 0.25) is 0 Å². The summed E-state index contributed by atoms with van der Waals surface area (Å²) in [5.41, 5.74) is 1.68. The number of furan rings is 1. The Morgan fingerprint density at radius 2 is 1.74 bits per heavy atom. The number of nitrogens with zero attached hydrogens (tertiary/aromatic N) is 1. The average molecular weight is 365 g/mol. The summed E-state index contributed by atoms with van der Waals surface area (Å²) in [4.78, 5) is 22.2. The van der Waals surface area contributed by atoms with Gasteiger partial charge in [-0.2, -0.15) is 0 Å².